The number of carbonyl (C=O) groups excluding carboxylic acids is 1. The molecule has 1 aromatic heterocycles. The highest BCUT2D eigenvalue weighted by Crippen LogP contribution is 2.34. The standard InChI is InChI=1S/C21H27N3O3S/c25-20(13-15-23-28(26,27)19-12-7-14-22-16-19)24-21(17-8-3-1-4-9-17)18-10-5-2-6-11-18/h1,3-4,7-9,12,14,16,18,21,23H,2,5-6,10-11,13,15H2,(H,24,25)/t21-/m1/s1. The van der Waals surface area contributed by atoms with Crippen molar-refractivity contribution < 1.29 is 13.2 Å². The first-order valence-electron chi connectivity index (χ1n) is 9.80. The summed E-state index contributed by atoms with van der Waals surface area (Å²) in [7, 11) is -3.65. The van der Waals surface area contributed by atoms with Crippen molar-refractivity contribution in [3.05, 3.63) is 60.4 Å². The van der Waals surface area contributed by atoms with Crippen LogP contribution in [0.1, 0.15) is 50.1 Å². The smallest absolute Gasteiger partial charge is 0.242 e. The lowest BCUT2D eigenvalue weighted by molar-refractivity contribution is -0.122. The minimum atomic E-state index is -3.65. The summed E-state index contributed by atoms with van der Waals surface area (Å²) in [4.78, 5) is 16.5. The molecule has 6 nitrogen and oxygen atoms in total. The fourth-order valence-electron chi connectivity index (χ4n) is 3.74. The molecule has 2 N–H and O–H groups in total. The molecule has 7 heteroatoms. The van der Waals surface area contributed by atoms with Crippen LogP contribution >= 0.6 is 0 Å². The molecule has 150 valence electrons. The largest absolute Gasteiger partial charge is 0.349 e. The van der Waals surface area contributed by atoms with E-state index in [0.717, 1.165) is 18.4 Å². The summed E-state index contributed by atoms with van der Waals surface area (Å²) in [6.45, 7) is 0.0508. The van der Waals surface area contributed by atoms with E-state index in [1.165, 1.54) is 37.7 Å². The average molecular weight is 402 g/mol. The Morgan fingerprint density at radius 2 is 1.82 bits per heavy atom. The van der Waals surface area contributed by atoms with Crippen LogP contribution in [0.3, 0.4) is 0 Å². The van der Waals surface area contributed by atoms with Crippen LogP contribution in [0.25, 0.3) is 0 Å². The van der Waals surface area contributed by atoms with E-state index in [1.807, 2.05) is 30.3 Å². The van der Waals surface area contributed by atoms with Gasteiger partial charge in [-0.15, -0.1) is 0 Å². The monoisotopic (exact) mass is 401 g/mol. The van der Waals surface area contributed by atoms with Gasteiger partial charge >= 0.3 is 0 Å². The van der Waals surface area contributed by atoms with Gasteiger partial charge in [0.25, 0.3) is 0 Å². The third-order valence-electron chi connectivity index (χ3n) is 5.19. The second-order valence-corrected chi connectivity index (χ2v) is 8.96. The van der Waals surface area contributed by atoms with Crippen molar-refractivity contribution in [3.63, 3.8) is 0 Å². The van der Waals surface area contributed by atoms with E-state index in [2.05, 4.69) is 15.0 Å². The zero-order chi connectivity index (χ0) is 19.8. The summed E-state index contributed by atoms with van der Waals surface area (Å²) in [5.41, 5.74) is 1.11. The Kier molecular flexibility index (Phi) is 7.17. The van der Waals surface area contributed by atoms with E-state index < -0.39 is 10.0 Å². The van der Waals surface area contributed by atoms with Crippen LogP contribution in [-0.2, 0) is 14.8 Å². The predicted molar refractivity (Wildman–Crippen MR) is 108 cm³/mol. The van der Waals surface area contributed by atoms with Gasteiger partial charge in [-0.3, -0.25) is 9.78 Å². The number of nitrogens with zero attached hydrogens (tertiary/aromatic N) is 1. The number of rotatable bonds is 8. The molecular weight excluding hydrogens is 374 g/mol. The van der Waals surface area contributed by atoms with Crippen molar-refractivity contribution in [2.75, 3.05) is 6.54 Å². The number of benzene rings is 1. The highest BCUT2D eigenvalue weighted by atomic mass is 32.2. The molecule has 0 bridgehead atoms. The molecule has 1 aromatic carbocycles. The predicted octanol–water partition coefficient (Wildman–Crippen LogP) is 3.19. The number of pyridine rings is 1. The second-order valence-electron chi connectivity index (χ2n) is 7.19. The summed E-state index contributed by atoms with van der Waals surface area (Å²) >= 11 is 0. The molecule has 1 saturated carbocycles. The maximum atomic E-state index is 12.5. The zero-order valence-electron chi connectivity index (χ0n) is 15.9. The van der Waals surface area contributed by atoms with Crippen LogP contribution in [0.5, 0.6) is 0 Å². The Balaban J connectivity index is 1.58. The van der Waals surface area contributed by atoms with E-state index in [0.29, 0.717) is 5.92 Å². The molecule has 1 heterocycles. The molecule has 1 aliphatic carbocycles. The fourth-order valence-corrected chi connectivity index (χ4v) is 4.73. The lowest BCUT2D eigenvalue weighted by Crippen LogP contribution is -2.36. The molecule has 1 aliphatic rings. The van der Waals surface area contributed by atoms with Crippen LogP contribution in [0.4, 0.5) is 0 Å². The Labute approximate surface area is 166 Å². The molecule has 1 amide bonds. The molecule has 0 saturated heterocycles. The first-order chi connectivity index (χ1) is 13.6. The summed E-state index contributed by atoms with van der Waals surface area (Å²) in [6.07, 6.45) is 8.74. The van der Waals surface area contributed by atoms with Gasteiger partial charge in [0.2, 0.25) is 15.9 Å². The quantitative estimate of drug-likeness (QED) is 0.711. The molecule has 28 heavy (non-hydrogen) atoms. The highest BCUT2D eigenvalue weighted by molar-refractivity contribution is 7.89. The van der Waals surface area contributed by atoms with Gasteiger partial charge in [0.1, 0.15) is 4.90 Å². The van der Waals surface area contributed by atoms with Gasteiger partial charge < -0.3 is 5.32 Å². The van der Waals surface area contributed by atoms with Crippen LogP contribution in [0.2, 0.25) is 0 Å². The lowest BCUT2D eigenvalue weighted by Gasteiger charge is -2.31. The van der Waals surface area contributed by atoms with Gasteiger partial charge in [-0.2, -0.15) is 0 Å². The Morgan fingerprint density at radius 3 is 2.50 bits per heavy atom. The van der Waals surface area contributed by atoms with Gasteiger partial charge in [0, 0.05) is 25.4 Å². The number of hydrogen-bond donors (Lipinski definition) is 2. The number of amides is 1. The van der Waals surface area contributed by atoms with E-state index in [-0.39, 0.29) is 29.8 Å². The maximum Gasteiger partial charge on any atom is 0.242 e. The van der Waals surface area contributed by atoms with Crippen LogP contribution < -0.4 is 10.0 Å². The van der Waals surface area contributed by atoms with Crippen LogP contribution in [-0.4, -0.2) is 25.9 Å². The lowest BCUT2D eigenvalue weighted by atomic mass is 9.81. The minimum Gasteiger partial charge on any atom is -0.349 e. The number of aromatic nitrogens is 1. The Hall–Kier alpha value is -2.25. The summed E-state index contributed by atoms with van der Waals surface area (Å²) in [6, 6.07) is 13.0. The number of hydrogen-bond acceptors (Lipinski definition) is 4. The first-order valence-corrected chi connectivity index (χ1v) is 11.3. The van der Waals surface area contributed by atoms with E-state index in [4.69, 9.17) is 0 Å². The van der Waals surface area contributed by atoms with Crippen LogP contribution in [0.15, 0.2) is 59.8 Å². The Bertz CT molecular complexity index is 851. The van der Waals surface area contributed by atoms with Crippen LogP contribution in [0, 0.1) is 5.92 Å². The van der Waals surface area contributed by atoms with Crippen molar-refractivity contribution >= 4 is 15.9 Å². The molecule has 0 unspecified atom stereocenters. The third kappa shape index (κ3) is 5.62. The minimum absolute atomic E-state index is 0.0241. The molecule has 0 spiro atoms. The summed E-state index contributed by atoms with van der Waals surface area (Å²) in [5.74, 6) is 0.278. The maximum absolute atomic E-state index is 12.5. The molecule has 0 radical (unpaired) electrons. The van der Waals surface area contributed by atoms with Gasteiger partial charge in [-0.25, -0.2) is 13.1 Å². The summed E-state index contributed by atoms with van der Waals surface area (Å²) < 4.78 is 26.9. The number of nitrogens with one attached hydrogen (secondary N) is 2. The zero-order valence-corrected chi connectivity index (χ0v) is 16.7. The second kappa shape index (κ2) is 9.80. The third-order valence-corrected chi connectivity index (χ3v) is 6.63. The van der Waals surface area contributed by atoms with Gasteiger partial charge in [-0.05, 0) is 36.5 Å². The van der Waals surface area contributed by atoms with Crippen molar-refractivity contribution in [1.29, 1.82) is 0 Å². The van der Waals surface area contributed by atoms with Crippen molar-refractivity contribution in [1.82, 2.24) is 15.0 Å². The highest BCUT2D eigenvalue weighted by Gasteiger charge is 2.26. The molecule has 0 aliphatic heterocycles. The normalized spacial score (nSPS) is 16.4. The average Bonchev–Trinajstić information content (AvgIpc) is 2.74. The summed E-state index contributed by atoms with van der Waals surface area (Å²) in [5, 5.41) is 3.14. The SMILES string of the molecule is O=C(CCNS(=O)(=O)c1cccnc1)N[C@H](c1ccccc1)C1CCCCC1. The molecule has 3 rings (SSSR count). The molecule has 2 aromatic rings. The fraction of sp³-hybridized carbons (Fsp3) is 0.429. The number of carbonyl (C=O) groups is 1. The van der Waals surface area contributed by atoms with Crippen molar-refractivity contribution in [2.24, 2.45) is 5.92 Å². The van der Waals surface area contributed by atoms with E-state index in [1.54, 1.807) is 6.07 Å². The Morgan fingerprint density at radius 1 is 1.07 bits per heavy atom. The molecule has 1 fully saturated rings. The number of sulfonamides is 1. The van der Waals surface area contributed by atoms with E-state index in [9.17, 15) is 13.2 Å². The van der Waals surface area contributed by atoms with Gasteiger partial charge in [0.15, 0.2) is 0 Å². The molecular formula is C21H27N3O3S. The molecule has 1 atom stereocenters. The van der Waals surface area contributed by atoms with Gasteiger partial charge in [0.05, 0.1) is 6.04 Å². The van der Waals surface area contributed by atoms with Crippen molar-refractivity contribution in [3.8, 4) is 0 Å². The first kappa shape index (κ1) is 20.5. The topological polar surface area (TPSA) is 88.2 Å². The van der Waals surface area contributed by atoms with Gasteiger partial charge in [-0.1, -0.05) is 49.6 Å². The van der Waals surface area contributed by atoms with E-state index >= 15 is 0 Å². The van der Waals surface area contributed by atoms with Crippen molar-refractivity contribution in [2.45, 2.75) is 49.5 Å².